The summed E-state index contributed by atoms with van der Waals surface area (Å²) in [4.78, 5) is 4.65. The van der Waals surface area contributed by atoms with E-state index in [1.54, 1.807) is 13.8 Å². The van der Waals surface area contributed by atoms with Crippen LogP contribution in [-0.2, 0) is 0 Å². The van der Waals surface area contributed by atoms with Gasteiger partial charge in [-0.2, -0.15) is 0 Å². The molecular weight excluding hydrogens is 255 g/mol. The third-order valence-corrected chi connectivity index (χ3v) is 4.35. The summed E-state index contributed by atoms with van der Waals surface area (Å²) in [5, 5.41) is 9.92. The Balaban J connectivity index is 2.34. The highest BCUT2D eigenvalue weighted by Crippen LogP contribution is 2.31. The largest absolute Gasteiger partial charge is 0.389 e. The molecule has 0 spiro atoms. The Bertz CT molecular complexity index is 476. The Morgan fingerprint density at radius 1 is 1.40 bits per heavy atom. The molecule has 1 aromatic carbocycles. The Labute approximate surface area is 121 Å². The molecule has 0 bridgehead atoms. The smallest absolute Gasteiger partial charge is 0.126 e. The van der Waals surface area contributed by atoms with Crippen LogP contribution in [0.4, 0.5) is 10.1 Å². The van der Waals surface area contributed by atoms with Crippen molar-refractivity contribution in [3.05, 3.63) is 29.1 Å². The molecule has 0 radical (unpaired) electrons. The number of aliphatic hydroxyl groups excluding tert-OH is 1. The molecule has 20 heavy (non-hydrogen) atoms. The number of rotatable bonds is 3. The van der Waals surface area contributed by atoms with Crippen molar-refractivity contribution in [2.45, 2.75) is 39.3 Å². The first-order chi connectivity index (χ1) is 9.43. The number of likely N-dealkylation sites (N-methyl/N-ethyl adjacent to an activating group) is 1. The first-order valence-corrected chi connectivity index (χ1v) is 7.37. The van der Waals surface area contributed by atoms with Gasteiger partial charge in [-0.1, -0.05) is 6.92 Å². The van der Waals surface area contributed by atoms with E-state index in [1.165, 1.54) is 6.07 Å². The zero-order chi connectivity index (χ0) is 14.9. The van der Waals surface area contributed by atoms with Crippen LogP contribution in [0.1, 0.15) is 37.5 Å². The lowest BCUT2D eigenvalue weighted by molar-refractivity contribution is 0.195. The minimum atomic E-state index is -0.653. The van der Waals surface area contributed by atoms with E-state index in [9.17, 15) is 9.50 Å². The van der Waals surface area contributed by atoms with Crippen LogP contribution in [-0.4, -0.2) is 42.7 Å². The molecule has 1 aliphatic rings. The number of anilines is 1. The summed E-state index contributed by atoms with van der Waals surface area (Å²) in [6, 6.07) is 3.86. The molecule has 1 aliphatic heterocycles. The second-order valence-corrected chi connectivity index (χ2v) is 5.82. The van der Waals surface area contributed by atoms with Crippen LogP contribution in [0.15, 0.2) is 12.1 Å². The molecule has 0 amide bonds. The number of aliphatic hydroxyl groups is 1. The van der Waals surface area contributed by atoms with Crippen molar-refractivity contribution in [3.8, 4) is 0 Å². The topological polar surface area (TPSA) is 26.7 Å². The molecule has 4 heteroatoms. The van der Waals surface area contributed by atoms with E-state index in [-0.39, 0.29) is 5.82 Å². The van der Waals surface area contributed by atoms with Gasteiger partial charge in [0, 0.05) is 36.9 Å². The monoisotopic (exact) mass is 280 g/mol. The Morgan fingerprint density at radius 2 is 2.10 bits per heavy atom. The lowest BCUT2D eigenvalue weighted by Gasteiger charge is -2.41. The molecule has 0 aliphatic carbocycles. The van der Waals surface area contributed by atoms with Crippen LogP contribution in [0, 0.1) is 12.7 Å². The molecule has 2 rings (SSSR count). The molecule has 112 valence electrons. The average Bonchev–Trinajstić information content (AvgIpc) is 2.41. The van der Waals surface area contributed by atoms with Crippen LogP contribution in [0.2, 0.25) is 0 Å². The Morgan fingerprint density at radius 3 is 2.70 bits per heavy atom. The molecule has 0 aromatic heterocycles. The van der Waals surface area contributed by atoms with Crippen LogP contribution >= 0.6 is 0 Å². The molecule has 2 atom stereocenters. The van der Waals surface area contributed by atoms with Crippen LogP contribution < -0.4 is 4.90 Å². The standard InChI is InChI=1S/C16H25FN2O/c1-5-13-10-19(7-6-18(13)4)16-8-11(2)15(17)9-14(16)12(3)20/h8-9,12-13,20H,5-7,10H2,1-4H3. The zero-order valence-electron chi connectivity index (χ0n) is 12.9. The quantitative estimate of drug-likeness (QED) is 0.922. The minimum absolute atomic E-state index is 0.245. The van der Waals surface area contributed by atoms with Gasteiger partial charge in [-0.3, -0.25) is 4.90 Å². The van der Waals surface area contributed by atoms with E-state index in [0.717, 1.165) is 31.7 Å². The molecule has 1 heterocycles. The molecule has 1 fully saturated rings. The van der Waals surface area contributed by atoms with Crippen molar-refractivity contribution in [1.29, 1.82) is 0 Å². The van der Waals surface area contributed by atoms with Gasteiger partial charge < -0.3 is 10.0 Å². The summed E-state index contributed by atoms with van der Waals surface area (Å²) in [5.74, 6) is -0.245. The minimum Gasteiger partial charge on any atom is -0.389 e. The number of aryl methyl sites for hydroxylation is 1. The summed E-state index contributed by atoms with van der Waals surface area (Å²) >= 11 is 0. The zero-order valence-corrected chi connectivity index (χ0v) is 12.9. The first kappa shape index (κ1) is 15.3. The van der Waals surface area contributed by atoms with Crippen molar-refractivity contribution in [2.24, 2.45) is 0 Å². The average molecular weight is 280 g/mol. The first-order valence-electron chi connectivity index (χ1n) is 7.37. The molecule has 0 saturated carbocycles. The number of hydrogen-bond donors (Lipinski definition) is 1. The van der Waals surface area contributed by atoms with E-state index in [4.69, 9.17) is 0 Å². The fraction of sp³-hybridized carbons (Fsp3) is 0.625. The summed E-state index contributed by atoms with van der Waals surface area (Å²) in [7, 11) is 2.15. The SMILES string of the molecule is CCC1CN(c2cc(C)c(F)cc2C(C)O)CCN1C. The normalized spacial score (nSPS) is 22.1. The van der Waals surface area contributed by atoms with E-state index >= 15 is 0 Å². The van der Waals surface area contributed by atoms with E-state index in [1.807, 2.05) is 6.07 Å². The third-order valence-electron chi connectivity index (χ3n) is 4.35. The highest BCUT2D eigenvalue weighted by molar-refractivity contribution is 5.57. The Kier molecular flexibility index (Phi) is 4.66. The van der Waals surface area contributed by atoms with Gasteiger partial charge in [0.25, 0.3) is 0 Å². The van der Waals surface area contributed by atoms with Gasteiger partial charge in [-0.15, -0.1) is 0 Å². The molecular formula is C16H25FN2O. The van der Waals surface area contributed by atoms with Crippen LogP contribution in [0.25, 0.3) is 0 Å². The number of nitrogens with zero attached hydrogens (tertiary/aromatic N) is 2. The van der Waals surface area contributed by atoms with Gasteiger partial charge in [-0.05, 0) is 45.0 Å². The number of piperazine rings is 1. The fourth-order valence-electron chi connectivity index (χ4n) is 2.90. The highest BCUT2D eigenvalue weighted by Gasteiger charge is 2.25. The van der Waals surface area contributed by atoms with Gasteiger partial charge in [-0.25, -0.2) is 4.39 Å². The van der Waals surface area contributed by atoms with Crippen molar-refractivity contribution >= 4 is 5.69 Å². The predicted octanol–water partition coefficient (Wildman–Crippen LogP) is 2.72. The number of halogens is 1. The fourth-order valence-corrected chi connectivity index (χ4v) is 2.90. The predicted molar refractivity (Wildman–Crippen MR) is 80.7 cm³/mol. The van der Waals surface area contributed by atoms with Crippen molar-refractivity contribution in [2.75, 3.05) is 31.6 Å². The van der Waals surface area contributed by atoms with E-state index < -0.39 is 6.10 Å². The molecule has 1 saturated heterocycles. The van der Waals surface area contributed by atoms with Crippen LogP contribution in [0.3, 0.4) is 0 Å². The summed E-state index contributed by atoms with van der Waals surface area (Å²) in [6.07, 6.45) is 0.442. The maximum absolute atomic E-state index is 13.8. The van der Waals surface area contributed by atoms with Crippen LogP contribution in [0.5, 0.6) is 0 Å². The van der Waals surface area contributed by atoms with Crippen molar-refractivity contribution in [1.82, 2.24) is 4.90 Å². The van der Waals surface area contributed by atoms with E-state index in [2.05, 4.69) is 23.8 Å². The second-order valence-electron chi connectivity index (χ2n) is 5.82. The van der Waals surface area contributed by atoms with Crippen molar-refractivity contribution in [3.63, 3.8) is 0 Å². The molecule has 3 nitrogen and oxygen atoms in total. The van der Waals surface area contributed by atoms with Gasteiger partial charge in [0.2, 0.25) is 0 Å². The molecule has 1 aromatic rings. The highest BCUT2D eigenvalue weighted by atomic mass is 19.1. The summed E-state index contributed by atoms with van der Waals surface area (Å²) in [6.45, 7) is 8.50. The number of hydrogen-bond acceptors (Lipinski definition) is 3. The summed E-state index contributed by atoms with van der Waals surface area (Å²) < 4.78 is 13.8. The molecule has 1 N–H and O–H groups in total. The van der Waals surface area contributed by atoms with Gasteiger partial charge >= 0.3 is 0 Å². The Hall–Kier alpha value is -1.13. The van der Waals surface area contributed by atoms with Gasteiger partial charge in [0.05, 0.1) is 6.10 Å². The lowest BCUT2D eigenvalue weighted by Crippen LogP contribution is -2.51. The van der Waals surface area contributed by atoms with Gasteiger partial charge in [0.1, 0.15) is 5.82 Å². The second kappa shape index (κ2) is 6.10. The van der Waals surface area contributed by atoms with Gasteiger partial charge in [0.15, 0.2) is 0 Å². The number of benzene rings is 1. The van der Waals surface area contributed by atoms with E-state index in [0.29, 0.717) is 17.2 Å². The van der Waals surface area contributed by atoms with Crippen molar-refractivity contribution < 1.29 is 9.50 Å². The lowest BCUT2D eigenvalue weighted by atomic mass is 10.0. The maximum Gasteiger partial charge on any atom is 0.126 e. The third kappa shape index (κ3) is 2.96. The summed E-state index contributed by atoms with van der Waals surface area (Å²) in [5.41, 5.74) is 2.30. The maximum atomic E-state index is 13.8. The molecule has 2 unspecified atom stereocenters.